The summed E-state index contributed by atoms with van der Waals surface area (Å²) in [6, 6.07) is 17.2. The third kappa shape index (κ3) is 2.88. The molecule has 0 amide bonds. The Morgan fingerprint density at radius 3 is 2.60 bits per heavy atom. The predicted octanol–water partition coefficient (Wildman–Crippen LogP) is 4.25. The molecular formula is C16H15IN2S. The Hall–Kier alpha value is -0.950. The SMILES string of the molecule is NNC(Cc1ccc(I)cc1)c1csc2ccccc12. The molecule has 2 nitrogen and oxygen atoms in total. The highest BCUT2D eigenvalue weighted by molar-refractivity contribution is 14.1. The number of nitrogens with one attached hydrogen (secondary N) is 1. The Morgan fingerprint density at radius 1 is 1.10 bits per heavy atom. The Morgan fingerprint density at radius 2 is 1.85 bits per heavy atom. The summed E-state index contributed by atoms with van der Waals surface area (Å²) in [7, 11) is 0. The van der Waals surface area contributed by atoms with Gasteiger partial charge in [-0.15, -0.1) is 11.3 Å². The normalized spacial score (nSPS) is 12.7. The first-order valence-electron chi connectivity index (χ1n) is 6.44. The van der Waals surface area contributed by atoms with Crippen molar-refractivity contribution >= 4 is 44.0 Å². The molecule has 0 saturated carbocycles. The highest BCUT2D eigenvalue weighted by Crippen LogP contribution is 2.31. The molecule has 1 atom stereocenters. The van der Waals surface area contributed by atoms with Crippen LogP contribution in [0.25, 0.3) is 10.1 Å². The van der Waals surface area contributed by atoms with Gasteiger partial charge in [0, 0.05) is 8.27 Å². The lowest BCUT2D eigenvalue weighted by molar-refractivity contribution is 0.557. The van der Waals surface area contributed by atoms with Crippen LogP contribution in [-0.4, -0.2) is 0 Å². The minimum absolute atomic E-state index is 0.145. The molecular weight excluding hydrogens is 379 g/mol. The molecule has 3 rings (SSSR count). The number of hydrogen-bond acceptors (Lipinski definition) is 3. The average molecular weight is 394 g/mol. The second-order valence-electron chi connectivity index (χ2n) is 4.74. The van der Waals surface area contributed by atoms with E-state index in [1.54, 1.807) is 11.3 Å². The Kier molecular flexibility index (Phi) is 4.35. The summed E-state index contributed by atoms with van der Waals surface area (Å²) in [5.41, 5.74) is 5.54. The maximum absolute atomic E-state index is 5.79. The standard InChI is InChI=1S/C16H15IN2S/c17-12-7-5-11(6-8-12)9-15(19-18)14-10-20-16-4-2-1-3-13(14)16/h1-8,10,15,19H,9,18H2. The van der Waals surface area contributed by atoms with Crippen LogP contribution < -0.4 is 11.3 Å². The van der Waals surface area contributed by atoms with E-state index in [2.05, 4.69) is 81.9 Å². The van der Waals surface area contributed by atoms with E-state index in [4.69, 9.17) is 5.84 Å². The summed E-state index contributed by atoms with van der Waals surface area (Å²) in [5, 5.41) is 3.51. The van der Waals surface area contributed by atoms with Gasteiger partial charge in [0.05, 0.1) is 6.04 Å². The maximum atomic E-state index is 5.79. The zero-order valence-electron chi connectivity index (χ0n) is 10.8. The zero-order valence-corrected chi connectivity index (χ0v) is 13.8. The summed E-state index contributed by atoms with van der Waals surface area (Å²) in [4.78, 5) is 0. The van der Waals surface area contributed by atoms with Gasteiger partial charge >= 0.3 is 0 Å². The molecule has 0 aliphatic carbocycles. The molecule has 0 fully saturated rings. The molecule has 1 aromatic heterocycles. The molecule has 3 N–H and O–H groups in total. The van der Waals surface area contributed by atoms with Gasteiger partial charge in [-0.25, -0.2) is 0 Å². The molecule has 2 aromatic carbocycles. The van der Waals surface area contributed by atoms with Crippen LogP contribution in [0.2, 0.25) is 0 Å². The van der Waals surface area contributed by atoms with E-state index < -0.39 is 0 Å². The van der Waals surface area contributed by atoms with E-state index in [0.29, 0.717) is 0 Å². The molecule has 0 aliphatic rings. The van der Waals surface area contributed by atoms with Gasteiger partial charge in [-0.2, -0.15) is 0 Å². The molecule has 0 radical (unpaired) electrons. The predicted molar refractivity (Wildman–Crippen MR) is 94.8 cm³/mol. The number of halogens is 1. The van der Waals surface area contributed by atoms with Crippen molar-refractivity contribution in [3.8, 4) is 0 Å². The van der Waals surface area contributed by atoms with Crippen LogP contribution in [-0.2, 0) is 6.42 Å². The van der Waals surface area contributed by atoms with E-state index in [0.717, 1.165) is 6.42 Å². The van der Waals surface area contributed by atoms with Crippen molar-refractivity contribution in [1.29, 1.82) is 0 Å². The van der Waals surface area contributed by atoms with Gasteiger partial charge in [-0.05, 0) is 69.1 Å². The number of fused-ring (bicyclic) bond motifs is 1. The van der Waals surface area contributed by atoms with Gasteiger partial charge in [-0.3, -0.25) is 11.3 Å². The lowest BCUT2D eigenvalue weighted by atomic mass is 9.99. The number of thiophene rings is 1. The quantitative estimate of drug-likeness (QED) is 0.395. The number of hydrazine groups is 1. The molecule has 3 aromatic rings. The molecule has 1 unspecified atom stereocenters. The Labute approximate surface area is 136 Å². The first-order valence-corrected chi connectivity index (χ1v) is 8.40. The summed E-state index contributed by atoms with van der Waals surface area (Å²) < 4.78 is 2.56. The topological polar surface area (TPSA) is 38.0 Å². The monoisotopic (exact) mass is 394 g/mol. The molecule has 1 heterocycles. The summed E-state index contributed by atoms with van der Waals surface area (Å²) in [6.07, 6.45) is 0.897. The summed E-state index contributed by atoms with van der Waals surface area (Å²) >= 11 is 4.10. The van der Waals surface area contributed by atoms with Crippen LogP contribution >= 0.6 is 33.9 Å². The van der Waals surface area contributed by atoms with Crippen LogP contribution in [0.1, 0.15) is 17.2 Å². The number of hydrogen-bond donors (Lipinski definition) is 2. The van der Waals surface area contributed by atoms with Gasteiger partial charge < -0.3 is 0 Å². The molecule has 102 valence electrons. The second-order valence-corrected chi connectivity index (χ2v) is 6.89. The van der Waals surface area contributed by atoms with Crippen LogP contribution in [0.4, 0.5) is 0 Å². The summed E-state index contributed by atoms with van der Waals surface area (Å²) in [6.45, 7) is 0. The molecule has 0 saturated heterocycles. The van der Waals surface area contributed by atoms with Gasteiger partial charge in [0.1, 0.15) is 0 Å². The van der Waals surface area contributed by atoms with E-state index in [1.807, 2.05) is 0 Å². The lowest BCUT2D eigenvalue weighted by Crippen LogP contribution is -2.29. The average Bonchev–Trinajstić information content (AvgIpc) is 2.91. The first-order chi connectivity index (χ1) is 9.78. The van der Waals surface area contributed by atoms with Gasteiger partial charge in [0.25, 0.3) is 0 Å². The molecule has 0 spiro atoms. The third-order valence-corrected chi connectivity index (χ3v) is 5.14. The molecule has 0 bridgehead atoms. The fourth-order valence-corrected chi connectivity index (χ4v) is 3.76. The van der Waals surface area contributed by atoms with Crippen molar-refractivity contribution < 1.29 is 0 Å². The lowest BCUT2D eigenvalue weighted by Gasteiger charge is -2.15. The van der Waals surface area contributed by atoms with E-state index in [9.17, 15) is 0 Å². The van der Waals surface area contributed by atoms with Crippen LogP contribution in [0, 0.1) is 3.57 Å². The van der Waals surface area contributed by atoms with Gasteiger partial charge in [0.2, 0.25) is 0 Å². The Balaban J connectivity index is 1.91. The van der Waals surface area contributed by atoms with Crippen molar-refractivity contribution in [2.24, 2.45) is 5.84 Å². The molecule has 20 heavy (non-hydrogen) atoms. The van der Waals surface area contributed by atoms with Crippen LogP contribution in [0.3, 0.4) is 0 Å². The Bertz CT molecular complexity index is 706. The van der Waals surface area contributed by atoms with E-state index in [-0.39, 0.29) is 6.04 Å². The van der Waals surface area contributed by atoms with Crippen LogP contribution in [0.5, 0.6) is 0 Å². The highest BCUT2D eigenvalue weighted by atomic mass is 127. The maximum Gasteiger partial charge on any atom is 0.0514 e. The largest absolute Gasteiger partial charge is 0.271 e. The molecule has 0 aliphatic heterocycles. The number of rotatable bonds is 4. The van der Waals surface area contributed by atoms with E-state index >= 15 is 0 Å². The van der Waals surface area contributed by atoms with Gasteiger partial charge in [0.15, 0.2) is 0 Å². The van der Waals surface area contributed by atoms with Crippen molar-refractivity contribution in [2.75, 3.05) is 0 Å². The number of nitrogens with two attached hydrogens (primary N) is 1. The number of benzene rings is 2. The van der Waals surface area contributed by atoms with Crippen LogP contribution in [0.15, 0.2) is 53.9 Å². The fourth-order valence-electron chi connectivity index (χ4n) is 2.38. The van der Waals surface area contributed by atoms with Crippen molar-refractivity contribution in [2.45, 2.75) is 12.5 Å². The summed E-state index contributed by atoms with van der Waals surface area (Å²) in [5.74, 6) is 5.79. The molecule has 4 heteroatoms. The second kappa shape index (κ2) is 6.22. The fraction of sp³-hybridized carbons (Fsp3) is 0.125. The highest BCUT2D eigenvalue weighted by Gasteiger charge is 2.15. The first kappa shape index (κ1) is 14.0. The van der Waals surface area contributed by atoms with Crippen molar-refractivity contribution in [1.82, 2.24) is 5.43 Å². The van der Waals surface area contributed by atoms with E-state index in [1.165, 1.54) is 24.8 Å². The minimum Gasteiger partial charge on any atom is -0.271 e. The van der Waals surface area contributed by atoms with Gasteiger partial charge in [-0.1, -0.05) is 30.3 Å². The zero-order chi connectivity index (χ0) is 13.9. The van der Waals surface area contributed by atoms with Crippen molar-refractivity contribution in [3.63, 3.8) is 0 Å². The smallest absolute Gasteiger partial charge is 0.0514 e. The third-order valence-electron chi connectivity index (χ3n) is 3.44. The van der Waals surface area contributed by atoms with Crippen molar-refractivity contribution in [3.05, 3.63) is 68.6 Å². The minimum atomic E-state index is 0.145.